The van der Waals surface area contributed by atoms with Gasteiger partial charge in [-0.25, -0.2) is 18.4 Å². The number of carbonyl (C=O) groups is 1. The first-order chi connectivity index (χ1) is 14.4. The number of anilines is 2. The molecule has 1 aliphatic heterocycles. The lowest BCUT2D eigenvalue weighted by molar-refractivity contribution is 0.101. The van der Waals surface area contributed by atoms with Gasteiger partial charge in [0.1, 0.15) is 17.2 Å². The van der Waals surface area contributed by atoms with E-state index in [-0.39, 0.29) is 5.82 Å². The molecule has 3 aromatic rings. The van der Waals surface area contributed by atoms with Crippen molar-refractivity contribution in [1.82, 2.24) is 30.2 Å². The third-order valence-corrected chi connectivity index (χ3v) is 4.89. The van der Waals surface area contributed by atoms with E-state index in [0.717, 1.165) is 30.7 Å². The lowest BCUT2D eigenvalue weighted by Gasteiger charge is -2.29. The van der Waals surface area contributed by atoms with Gasteiger partial charge in [-0.3, -0.25) is 9.78 Å². The summed E-state index contributed by atoms with van der Waals surface area (Å²) in [6, 6.07) is 3.23. The molecular formula is C19H18F2N8O. The number of hydrogen-bond donors (Lipinski definition) is 1. The number of nitrogens with one attached hydrogen (secondary N) is 1. The highest BCUT2D eigenvalue weighted by atomic mass is 19.1. The van der Waals surface area contributed by atoms with E-state index in [1.807, 2.05) is 11.8 Å². The Balaban J connectivity index is 1.52. The summed E-state index contributed by atoms with van der Waals surface area (Å²) in [6.45, 7) is 3.36. The Labute approximate surface area is 170 Å². The van der Waals surface area contributed by atoms with Crippen molar-refractivity contribution in [2.75, 3.05) is 23.3 Å². The maximum Gasteiger partial charge on any atom is 0.262 e. The third-order valence-electron chi connectivity index (χ3n) is 4.89. The van der Waals surface area contributed by atoms with Gasteiger partial charge in [-0.15, -0.1) is 0 Å². The molecule has 154 valence electrons. The van der Waals surface area contributed by atoms with Crippen molar-refractivity contribution in [3.8, 4) is 0 Å². The van der Waals surface area contributed by atoms with Gasteiger partial charge < -0.3 is 10.2 Å². The fraction of sp³-hybridized carbons (Fsp3) is 0.263. The summed E-state index contributed by atoms with van der Waals surface area (Å²) in [7, 11) is 1.77. The zero-order valence-corrected chi connectivity index (χ0v) is 16.3. The average molecular weight is 412 g/mol. The van der Waals surface area contributed by atoms with Crippen LogP contribution in [0.2, 0.25) is 0 Å². The standard InChI is InChI=1S/C19H18F2N8O/c1-11-6-7-29(19-25-26-27-28(19)2)10-12(11)15-8-23-16(9-22-15)24-18(30)17-13(20)4-3-5-14(17)21/h3-5,8-9H,6-7,10H2,1-2H3,(H,23,24,30). The summed E-state index contributed by atoms with van der Waals surface area (Å²) in [5, 5.41) is 13.9. The van der Waals surface area contributed by atoms with E-state index in [1.165, 1.54) is 24.0 Å². The second kappa shape index (κ2) is 7.93. The van der Waals surface area contributed by atoms with Gasteiger partial charge in [-0.05, 0) is 41.5 Å². The number of hydrogen-bond acceptors (Lipinski definition) is 7. The number of aryl methyl sites for hydroxylation is 1. The average Bonchev–Trinajstić information content (AvgIpc) is 3.15. The largest absolute Gasteiger partial charge is 0.335 e. The summed E-state index contributed by atoms with van der Waals surface area (Å²) < 4.78 is 29.1. The van der Waals surface area contributed by atoms with Gasteiger partial charge in [-0.2, -0.15) is 0 Å². The van der Waals surface area contributed by atoms with Crippen LogP contribution >= 0.6 is 0 Å². The van der Waals surface area contributed by atoms with Gasteiger partial charge in [0.15, 0.2) is 5.82 Å². The van der Waals surface area contributed by atoms with Gasteiger partial charge in [0.05, 0.1) is 18.1 Å². The molecule has 1 amide bonds. The molecule has 11 heteroatoms. The highest BCUT2D eigenvalue weighted by Crippen LogP contribution is 2.27. The molecule has 1 N–H and O–H groups in total. The van der Waals surface area contributed by atoms with Crippen molar-refractivity contribution in [3.05, 3.63) is 59.1 Å². The molecule has 0 unspecified atom stereocenters. The first-order valence-electron chi connectivity index (χ1n) is 9.17. The van der Waals surface area contributed by atoms with E-state index in [0.29, 0.717) is 18.2 Å². The quantitative estimate of drug-likeness (QED) is 0.701. The molecule has 0 bridgehead atoms. The van der Waals surface area contributed by atoms with E-state index in [1.54, 1.807) is 11.7 Å². The summed E-state index contributed by atoms with van der Waals surface area (Å²) in [5.74, 6) is -2.07. The Morgan fingerprint density at radius 2 is 1.93 bits per heavy atom. The molecular weight excluding hydrogens is 394 g/mol. The van der Waals surface area contributed by atoms with Gasteiger partial charge >= 0.3 is 0 Å². The molecule has 0 aliphatic carbocycles. The monoisotopic (exact) mass is 412 g/mol. The molecule has 0 atom stereocenters. The Bertz CT molecular complexity index is 1110. The third kappa shape index (κ3) is 3.73. The normalized spacial score (nSPS) is 14.2. The number of aromatic nitrogens is 6. The van der Waals surface area contributed by atoms with E-state index >= 15 is 0 Å². The highest BCUT2D eigenvalue weighted by Gasteiger charge is 2.23. The zero-order valence-electron chi connectivity index (χ0n) is 16.3. The fourth-order valence-electron chi connectivity index (χ4n) is 3.26. The molecule has 3 heterocycles. The Morgan fingerprint density at radius 3 is 2.57 bits per heavy atom. The summed E-state index contributed by atoms with van der Waals surface area (Å²) >= 11 is 0. The maximum atomic E-state index is 13.8. The Hall–Kier alpha value is -3.76. The number of tetrazole rings is 1. The maximum absolute atomic E-state index is 13.8. The molecule has 0 saturated carbocycles. The van der Waals surface area contributed by atoms with E-state index in [4.69, 9.17) is 0 Å². The van der Waals surface area contributed by atoms with Crippen LogP contribution in [0.15, 0.2) is 36.2 Å². The predicted octanol–water partition coefficient (Wildman–Crippen LogP) is 2.21. The van der Waals surface area contributed by atoms with Crippen LogP contribution in [0.25, 0.3) is 5.57 Å². The minimum atomic E-state index is -0.946. The molecule has 9 nitrogen and oxygen atoms in total. The minimum Gasteiger partial charge on any atom is -0.335 e. The molecule has 0 radical (unpaired) electrons. The molecule has 0 saturated heterocycles. The number of amides is 1. The van der Waals surface area contributed by atoms with Crippen LogP contribution < -0.4 is 10.2 Å². The SMILES string of the molecule is CC1=C(c2cnc(NC(=O)c3c(F)cccc3F)cn2)CN(c2nnnn2C)CC1. The summed E-state index contributed by atoms with van der Waals surface area (Å²) in [5.41, 5.74) is 2.13. The zero-order chi connectivity index (χ0) is 21.3. The van der Waals surface area contributed by atoms with Gasteiger partial charge in [-0.1, -0.05) is 16.7 Å². The van der Waals surface area contributed by atoms with Crippen LogP contribution in [0.1, 0.15) is 29.4 Å². The lowest BCUT2D eigenvalue weighted by atomic mass is 9.99. The smallest absolute Gasteiger partial charge is 0.262 e. The van der Waals surface area contributed by atoms with E-state index < -0.39 is 23.1 Å². The number of halogens is 2. The van der Waals surface area contributed by atoms with Crippen molar-refractivity contribution >= 4 is 23.2 Å². The number of rotatable bonds is 4. The van der Waals surface area contributed by atoms with Crippen molar-refractivity contribution < 1.29 is 13.6 Å². The Kier molecular flexibility index (Phi) is 5.17. The van der Waals surface area contributed by atoms with Crippen molar-refractivity contribution in [1.29, 1.82) is 0 Å². The minimum absolute atomic E-state index is 0.0924. The summed E-state index contributed by atoms with van der Waals surface area (Å²) in [6.07, 6.45) is 3.69. The van der Waals surface area contributed by atoms with Crippen LogP contribution in [0, 0.1) is 11.6 Å². The molecule has 0 spiro atoms. The molecule has 4 rings (SSSR count). The Morgan fingerprint density at radius 1 is 1.17 bits per heavy atom. The van der Waals surface area contributed by atoms with Crippen LogP contribution in [0.4, 0.5) is 20.5 Å². The van der Waals surface area contributed by atoms with Crippen LogP contribution in [-0.2, 0) is 7.05 Å². The van der Waals surface area contributed by atoms with Crippen molar-refractivity contribution in [3.63, 3.8) is 0 Å². The van der Waals surface area contributed by atoms with Crippen molar-refractivity contribution in [2.24, 2.45) is 7.05 Å². The predicted molar refractivity (Wildman–Crippen MR) is 105 cm³/mol. The van der Waals surface area contributed by atoms with Crippen LogP contribution in [-0.4, -0.2) is 49.2 Å². The number of benzene rings is 1. The number of nitrogens with zero attached hydrogens (tertiary/aromatic N) is 7. The van der Waals surface area contributed by atoms with Gasteiger partial charge in [0.2, 0.25) is 5.95 Å². The van der Waals surface area contributed by atoms with E-state index in [2.05, 4.69) is 30.8 Å². The second-order valence-corrected chi connectivity index (χ2v) is 6.87. The highest BCUT2D eigenvalue weighted by molar-refractivity contribution is 6.04. The van der Waals surface area contributed by atoms with Crippen molar-refractivity contribution in [2.45, 2.75) is 13.3 Å². The topological polar surface area (TPSA) is 102 Å². The fourth-order valence-corrected chi connectivity index (χ4v) is 3.26. The van der Waals surface area contributed by atoms with Gasteiger partial charge in [0.25, 0.3) is 5.91 Å². The first kappa shape index (κ1) is 19.6. The molecule has 30 heavy (non-hydrogen) atoms. The van der Waals surface area contributed by atoms with Crippen LogP contribution in [0.3, 0.4) is 0 Å². The number of carbonyl (C=O) groups excluding carboxylic acids is 1. The molecule has 0 fully saturated rings. The van der Waals surface area contributed by atoms with Crippen LogP contribution in [0.5, 0.6) is 0 Å². The van der Waals surface area contributed by atoms with E-state index in [9.17, 15) is 13.6 Å². The van der Waals surface area contributed by atoms with Gasteiger partial charge in [0, 0.05) is 20.1 Å². The second-order valence-electron chi connectivity index (χ2n) is 6.87. The summed E-state index contributed by atoms with van der Waals surface area (Å²) in [4.78, 5) is 22.8. The molecule has 2 aromatic heterocycles. The molecule has 1 aliphatic rings. The first-order valence-corrected chi connectivity index (χ1v) is 9.17. The lowest BCUT2D eigenvalue weighted by Crippen LogP contribution is -2.33. The molecule has 1 aromatic carbocycles.